The van der Waals surface area contributed by atoms with Crippen LogP contribution in [0.5, 0.6) is 0 Å². The van der Waals surface area contributed by atoms with Crippen LogP contribution in [0.25, 0.3) is 0 Å². The maximum absolute atomic E-state index is 14.7. The molecule has 394 valence electrons. The smallest absolute Gasteiger partial charge is 0.329 e. The van der Waals surface area contributed by atoms with E-state index in [4.69, 9.17) is 4.74 Å². The number of piperidine rings is 1. The Kier molecular flexibility index (Phi) is 20.6. The molecule has 0 radical (unpaired) electrons. The van der Waals surface area contributed by atoms with E-state index in [1.807, 2.05) is 6.92 Å². The van der Waals surface area contributed by atoms with Crippen LogP contribution < -0.4 is 26.6 Å². The molecule has 12 atom stereocenters. The molecule has 8 N–H and O–H groups in total. The van der Waals surface area contributed by atoms with Crippen molar-refractivity contribution < 1.29 is 63.2 Å². The van der Waals surface area contributed by atoms with Gasteiger partial charge in [0.05, 0.1) is 12.7 Å². The van der Waals surface area contributed by atoms with Crippen molar-refractivity contribution in [3.8, 4) is 0 Å². The summed E-state index contributed by atoms with van der Waals surface area (Å²) < 4.78 is 5.93. The normalized spacial score (nSPS) is 27.2. The molecule has 21 nitrogen and oxygen atoms in total. The highest BCUT2D eigenvalue weighted by atomic mass is 16.5. The number of cyclic esters (lactones) is 1. The van der Waals surface area contributed by atoms with Crippen LogP contribution in [0.2, 0.25) is 0 Å². The predicted octanol–water partition coefficient (Wildman–Crippen LogP) is -0.422. The van der Waals surface area contributed by atoms with E-state index in [9.17, 15) is 58.5 Å². The number of fused-ring (bicyclic) bond motifs is 2. The monoisotopic (exact) mass is 1000 g/mol. The highest BCUT2D eigenvalue weighted by Gasteiger charge is 2.47. The van der Waals surface area contributed by atoms with E-state index in [2.05, 4.69) is 26.6 Å². The first-order valence-electron chi connectivity index (χ1n) is 25.0. The van der Waals surface area contributed by atoms with Gasteiger partial charge in [0, 0.05) is 26.4 Å². The molecule has 3 heterocycles. The van der Waals surface area contributed by atoms with Crippen molar-refractivity contribution in [2.24, 2.45) is 5.92 Å². The number of carbonyl (C=O) groups excluding carboxylic acids is 9. The van der Waals surface area contributed by atoms with Crippen LogP contribution >= 0.6 is 0 Å². The number of nitrogens with one attached hydrogen (secondary N) is 5. The third kappa shape index (κ3) is 14.2. The van der Waals surface area contributed by atoms with Gasteiger partial charge in [-0.15, -0.1) is 0 Å². The number of nitrogens with zero attached hydrogens (tertiary/aromatic N) is 3. The van der Waals surface area contributed by atoms with Crippen molar-refractivity contribution in [1.29, 1.82) is 0 Å². The van der Waals surface area contributed by atoms with Crippen molar-refractivity contribution in [2.45, 2.75) is 166 Å². The molecule has 8 amide bonds. The molecule has 0 unspecified atom stereocenters. The van der Waals surface area contributed by atoms with Crippen LogP contribution in [-0.4, -0.2) is 170 Å². The van der Waals surface area contributed by atoms with Gasteiger partial charge >= 0.3 is 5.97 Å². The van der Waals surface area contributed by atoms with Gasteiger partial charge in [0.15, 0.2) is 0 Å². The zero-order valence-corrected chi connectivity index (χ0v) is 42.0. The number of benzene rings is 2. The van der Waals surface area contributed by atoms with Gasteiger partial charge in [-0.1, -0.05) is 87.9 Å². The lowest BCUT2D eigenvalue weighted by atomic mass is 9.96. The average Bonchev–Trinajstić information content (AvgIpc) is 3.87. The molecule has 5 rings (SSSR count). The zero-order chi connectivity index (χ0) is 52.8. The van der Waals surface area contributed by atoms with Crippen molar-refractivity contribution >= 4 is 53.2 Å². The number of aryl methyl sites for hydroxylation is 1. The second-order valence-electron chi connectivity index (χ2n) is 19.0. The molecule has 3 aliphatic rings. The van der Waals surface area contributed by atoms with Gasteiger partial charge in [0.1, 0.15) is 60.7 Å². The molecule has 3 aliphatic heterocycles. The summed E-state index contributed by atoms with van der Waals surface area (Å²) in [6.07, 6.45) is -3.08. The first-order valence-corrected chi connectivity index (χ1v) is 25.0. The number of amides is 8. The molecular weight excluding hydrogens is 933 g/mol. The summed E-state index contributed by atoms with van der Waals surface area (Å²) in [6, 6.07) is 5.80. The molecule has 72 heavy (non-hydrogen) atoms. The summed E-state index contributed by atoms with van der Waals surface area (Å²) in [6.45, 7) is 7.17. The quantitative estimate of drug-likeness (QED) is 0.105. The molecule has 2 aromatic carbocycles. The molecule has 0 saturated carbocycles. The van der Waals surface area contributed by atoms with E-state index < -0.39 is 127 Å². The Balaban J connectivity index is 1.57. The minimum atomic E-state index is -1.83. The topological polar surface area (TPSA) is 293 Å². The second kappa shape index (κ2) is 26.3. The number of aliphatic hydroxyl groups excluding tert-OH is 3. The Morgan fingerprint density at radius 1 is 0.847 bits per heavy atom. The maximum Gasteiger partial charge on any atom is 0.329 e. The third-order valence-corrected chi connectivity index (χ3v) is 13.8. The van der Waals surface area contributed by atoms with Crippen LogP contribution in [0.4, 0.5) is 0 Å². The van der Waals surface area contributed by atoms with E-state index in [1.54, 1.807) is 74.5 Å². The van der Waals surface area contributed by atoms with Gasteiger partial charge in [-0.25, -0.2) is 4.79 Å². The highest BCUT2D eigenvalue weighted by molar-refractivity contribution is 5.99. The number of rotatable bonds is 15. The van der Waals surface area contributed by atoms with Crippen LogP contribution in [0.3, 0.4) is 0 Å². The average molecular weight is 1010 g/mol. The Labute approximate surface area is 420 Å². The number of esters is 1. The molecule has 2 aromatic rings. The number of carbonyl (C=O) groups is 9. The number of likely N-dealkylation sites (N-methyl/N-ethyl adjacent to an activating group) is 1. The summed E-state index contributed by atoms with van der Waals surface area (Å²) in [4.78, 5) is 131. The molecule has 0 spiro atoms. The Bertz CT molecular complexity index is 2230. The summed E-state index contributed by atoms with van der Waals surface area (Å²) in [5.41, 5.74) is 1.38. The van der Waals surface area contributed by atoms with Crippen molar-refractivity contribution in [3.05, 3.63) is 71.8 Å². The summed E-state index contributed by atoms with van der Waals surface area (Å²) >= 11 is 0. The molecular formula is C51H72N8O13. The third-order valence-electron chi connectivity index (χ3n) is 13.8. The maximum atomic E-state index is 14.7. The number of aliphatic hydroxyl groups is 3. The Morgan fingerprint density at radius 3 is 2.11 bits per heavy atom. The SMILES string of the molecule is CCCC(=O)N1CCC[C@H]1C(=O)N[C@@H](CO)C(=O)N[C@@H]1C(=O)N[C@@H](CCc2ccccc2)C(=O)N[C@H]2CC[C@@H](O)N(C2=O)[C@@H]([C@@H](C)O)C(=O)N(C)[C@@H](Cc2ccccc2)C(=O)N[C@@H]([C@H](C)CC)C(=O)O[C@@H]1C. The summed E-state index contributed by atoms with van der Waals surface area (Å²) in [7, 11) is 1.30. The number of hydrogen-bond acceptors (Lipinski definition) is 13. The molecule has 21 heteroatoms. The fourth-order valence-electron chi connectivity index (χ4n) is 9.33. The molecule has 0 aromatic heterocycles. The minimum Gasteiger partial charge on any atom is -0.458 e. The first-order chi connectivity index (χ1) is 34.3. The van der Waals surface area contributed by atoms with Crippen LogP contribution in [-0.2, 0) is 60.7 Å². The standard InChI is InChI=1S/C51H72N8O13/c1-7-16-39(62)58-26-15-21-37(58)46(66)54-36(28-60)45(65)56-42-31(5)72-51(71)41(29(3)8-2)55-47(67)38(27-33-19-13-10-14-20-33)57(6)50(70)43(30(4)61)59-40(63)25-24-35(49(59)69)53-44(64)34(52-48(42)68)23-22-32-17-11-9-12-18-32/h9-14,17-20,29-31,34-38,40-43,60-61,63H,7-8,15-16,21-28H2,1-6H3,(H,52,68)(H,53,64)(H,54,66)(H,55,67)(H,56,65)/t29-,30-,31-,34+,35+,36+,37+,38+,40-,41+,42+,43+/m1/s1. The zero-order valence-electron chi connectivity index (χ0n) is 42.0. The van der Waals surface area contributed by atoms with Crippen molar-refractivity contribution in [3.63, 3.8) is 0 Å². The molecule has 3 saturated heterocycles. The van der Waals surface area contributed by atoms with Gasteiger partial charge in [-0.3, -0.25) is 38.4 Å². The lowest BCUT2D eigenvalue weighted by Gasteiger charge is -2.43. The van der Waals surface area contributed by atoms with E-state index in [-0.39, 0.29) is 44.4 Å². The fourth-order valence-corrected chi connectivity index (χ4v) is 9.33. The van der Waals surface area contributed by atoms with E-state index in [0.29, 0.717) is 37.8 Å². The largest absolute Gasteiger partial charge is 0.458 e. The molecule has 2 bridgehead atoms. The van der Waals surface area contributed by atoms with Crippen molar-refractivity contribution in [1.82, 2.24) is 41.3 Å². The van der Waals surface area contributed by atoms with Gasteiger partial charge in [0.2, 0.25) is 47.3 Å². The number of ether oxygens (including phenoxy) is 1. The predicted molar refractivity (Wildman–Crippen MR) is 260 cm³/mol. The first kappa shape index (κ1) is 56.5. The van der Waals surface area contributed by atoms with Gasteiger partial charge in [-0.2, -0.15) is 0 Å². The van der Waals surface area contributed by atoms with E-state index >= 15 is 0 Å². The van der Waals surface area contributed by atoms with E-state index in [1.165, 1.54) is 25.8 Å². The Morgan fingerprint density at radius 2 is 1.50 bits per heavy atom. The fraction of sp³-hybridized carbons (Fsp3) is 0.588. The highest BCUT2D eigenvalue weighted by Crippen LogP contribution is 2.25. The second-order valence-corrected chi connectivity index (χ2v) is 19.0. The van der Waals surface area contributed by atoms with Gasteiger partial charge in [0.25, 0.3) is 0 Å². The van der Waals surface area contributed by atoms with Crippen molar-refractivity contribution in [2.75, 3.05) is 20.2 Å². The van der Waals surface area contributed by atoms with Gasteiger partial charge < -0.3 is 61.3 Å². The van der Waals surface area contributed by atoms with Gasteiger partial charge in [-0.05, 0) is 75.8 Å². The van der Waals surface area contributed by atoms with Crippen LogP contribution in [0, 0.1) is 5.92 Å². The summed E-state index contributed by atoms with van der Waals surface area (Å²) in [5.74, 6) is -8.30. The molecule has 3 fully saturated rings. The summed E-state index contributed by atoms with van der Waals surface area (Å²) in [5, 5.41) is 46.0. The lowest BCUT2D eigenvalue weighted by Crippen LogP contribution is -2.67. The Hall–Kier alpha value is -6.45. The van der Waals surface area contributed by atoms with Crippen LogP contribution in [0.15, 0.2) is 60.7 Å². The lowest BCUT2D eigenvalue weighted by molar-refractivity contribution is -0.170. The number of likely N-dealkylation sites (tertiary alicyclic amines) is 1. The van der Waals surface area contributed by atoms with E-state index in [0.717, 1.165) is 15.4 Å². The minimum absolute atomic E-state index is 0.0713. The number of hydrogen-bond donors (Lipinski definition) is 8. The molecule has 0 aliphatic carbocycles. The van der Waals surface area contributed by atoms with Crippen LogP contribution in [0.1, 0.15) is 97.1 Å².